The quantitative estimate of drug-likeness (QED) is 0.173. The smallest absolute Gasteiger partial charge is 0.326 e. The van der Waals surface area contributed by atoms with Gasteiger partial charge in [-0.05, 0) is 52.4 Å². The Morgan fingerprint density at radius 1 is 0.857 bits per heavy atom. The van der Waals surface area contributed by atoms with Crippen molar-refractivity contribution in [2.24, 2.45) is 5.73 Å². The SMILES string of the molecule is CCC(N)(CC)c1ccc(CC(NC(=O)CC(NS(=O)(=O)c2ccc3ccccc3c2)c2ccccc2)C(=O)O)cc1. The summed E-state index contributed by atoms with van der Waals surface area (Å²) in [7, 11) is -4.02. The van der Waals surface area contributed by atoms with Crippen molar-refractivity contribution < 1.29 is 23.1 Å². The highest BCUT2D eigenvalue weighted by atomic mass is 32.2. The second-order valence-electron chi connectivity index (χ2n) is 10.5. The number of fused-ring (bicyclic) bond motifs is 1. The molecule has 4 aromatic carbocycles. The molecule has 0 saturated carbocycles. The molecular formula is C33H37N3O5S. The number of carboxylic acid groups (broad SMARTS) is 1. The number of amides is 1. The van der Waals surface area contributed by atoms with Crippen molar-refractivity contribution in [2.75, 3.05) is 0 Å². The highest BCUT2D eigenvalue weighted by molar-refractivity contribution is 7.89. The summed E-state index contributed by atoms with van der Waals surface area (Å²) in [6, 6.07) is 26.3. The number of carbonyl (C=O) groups excluding carboxylic acids is 1. The van der Waals surface area contributed by atoms with E-state index in [1.54, 1.807) is 42.5 Å². The first kappa shape index (κ1) is 30.9. The van der Waals surface area contributed by atoms with E-state index in [4.69, 9.17) is 5.73 Å². The van der Waals surface area contributed by atoms with Crippen LogP contribution in [0.3, 0.4) is 0 Å². The van der Waals surface area contributed by atoms with Gasteiger partial charge >= 0.3 is 5.97 Å². The van der Waals surface area contributed by atoms with Crippen molar-refractivity contribution in [3.63, 3.8) is 0 Å². The number of benzene rings is 4. The Bertz CT molecular complexity index is 1640. The normalized spacial score (nSPS) is 13.4. The minimum absolute atomic E-state index is 0.0655. The Morgan fingerprint density at radius 3 is 2.10 bits per heavy atom. The summed E-state index contributed by atoms with van der Waals surface area (Å²) in [6.45, 7) is 4.05. The predicted molar refractivity (Wildman–Crippen MR) is 164 cm³/mol. The number of aliphatic carboxylic acids is 1. The van der Waals surface area contributed by atoms with Gasteiger partial charge in [0.05, 0.1) is 10.9 Å². The van der Waals surface area contributed by atoms with Crippen LogP contribution in [0, 0.1) is 0 Å². The molecule has 0 saturated heterocycles. The van der Waals surface area contributed by atoms with Gasteiger partial charge in [-0.3, -0.25) is 4.79 Å². The van der Waals surface area contributed by atoms with Crippen LogP contribution < -0.4 is 15.8 Å². The van der Waals surface area contributed by atoms with Crippen LogP contribution in [-0.4, -0.2) is 31.4 Å². The zero-order chi connectivity index (χ0) is 30.3. The molecule has 9 heteroatoms. The fourth-order valence-electron chi connectivity index (χ4n) is 5.01. The Morgan fingerprint density at radius 2 is 1.48 bits per heavy atom. The van der Waals surface area contributed by atoms with E-state index in [1.165, 1.54) is 6.07 Å². The van der Waals surface area contributed by atoms with Crippen LogP contribution in [0.5, 0.6) is 0 Å². The van der Waals surface area contributed by atoms with E-state index in [-0.39, 0.29) is 17.7 Å². The van der Waals surface area contributed by atoms with E-state index >= 15 is 0 Å². The van der Waals surface area contributed by atoms with Crippen molar-refractivity contribution in [1.29, 1.82) is 0 Å². The number of hydrogen-bond donors (Lipinski definition) is 4. The van der Waals surface area contributed by atoms with Crippen LogP contribution in [0.15, 0.2) is 102 Å². The molecule has 0 spiro atoms. The highest BCUT2D eigenvalue weighted by Gasteiger charge is 2.27. The maximum atomic E-state index is 13.4. The first-order chi connectivity index (χ1) is 20.0. The molecule has 0 radical (unpaired) electrons. The van der Waals surface area contributed by atoms with Crippen molar-refractivity contribution >= 4 is 32.7 Å². The third-order valence-corrected chi connectivity index (χ3v) is 9.25. The van der Waals surface area contributed by atoms with Gasteiger partial charge < -0.3 is 16.2 Å². The largest absolute Gasteiger partial charge is 0.480 e. The number of sulfonamides is 1. The van der Waals surface area contributed by atoms with Crippen LogP contribution in [0.25, 0.3) is 10.8 Å². The third kappa shape index (κ3) is 7.42. The highest BCUT2D eigenvalue weighted by Crippen LogP contribution is 2.26. The van der Waals surface area contributed by atoms with Crippen molar-refractivity contribution in [2.45, 2.75) is 62.0 Å². The van der Waals surface area contributed by atoms with Crippen LogP contribution in [0.2, 0.25) is 0 Å². The van der Waals surface area contributed by atoms with Gasteiger partial charge in [-0.15, -0.1) is 0 Å². The first-order valence-corrected chi connectivity index (χ1v) is 15.5. The number of carbonyl (C=O) groups is 2. The van der Waals surface area contributed by atoms with E-state index < -0.39 is 39.5 Å². The first-order valence-electron chi connectivity index (χ1n) is 14.0. The molecule has 220 valence electrons. The number of nitrogens with one attached hydrogen (secondary N) is 2. The molecule has 0 aromatic heterocycles. The summed E-state index contributed by atoms with van der Waals surface area (Å²) in [5.74, 6) is -1.78. The van der Waals surface area contributed by atoms with Gasteiger partial charge in [0.25, 0.3) is 0 Å². The van der Waals surface area contributed by atoms with Gasteiger partial charge in [0.15, 0.2) is 0 Å². The lowest BCUT2D eigenvalue weighted by atomic mass is 9.85. The summed E-state index contributed by atoms with van der Waals surface area (Å²) < 4.78 is 29.5. The zero-order valence-corrected chi connectivity index (χ0v) is 24.6. The third-order valence-electron chi connectivity index (χ3n) is 7.78. The molecular weight excluding hydrogens is 550 g/mol. The van der Waals surface area contributed by atoms with Crippen LogP contribution >= 0.6 is 0 Å². The Labute approximate surface area is 247 Å². The Balaban J connectivity index is 1.50. The van der Waals surface area contributed by atoms with E-state index in [1.807, 2.05) is 62.4 Å². The second-order valence-corrected chi connectivity index (χ2v) is 12.2. The molecule has 1 amide bonds. The molecule has 2 unspecified atom stereocenters. The van der Waals surface area contributed by atoms with Gasteiger partial charge in [0, 0.05) is 18.4 Å². The molecule has 0 heterocycles. The van der Waals surface area contributed by atoms with Crippen molar-refractivity contribution in [3.05, 3.63) is 114 Å². The summed E-state index contributed by atoms with van der Waals surface area (Å²) in [6.07, 6.45) is 1.31. The summed E-state index contributed by atoms with van der Waals surface area (Å²) in [4.78, 5) is 25.3. The Kier molecular flexibility index (Phi) is 9.78. The van der Waals surface area contributed by atoms with Crippen LogP contribution in [0.4, 0.5) is 0 Å². The van der Waals surface area contributed by atoms with Gasteiger partial charge in [0.2, 0.25) is 15.9 Å². The monoisotopic (exact) mass is 587 g/mol. The average molecular weight is 588 g/mol. The van der Waals surface area contributed by atoms with Gasteiger partial charge in [-0.1, -0.05) is 98.8 Å². The van der Waals surface area contributed by atoms with E-state index in [0.717, 1.165) is 34.7 Å². The second kappa shape index (κ2) is 13.3. The minimum atomic E-state index is -4.02. The molecule has 42 heavy (non-hydrogen) atoms. The predicted octanol–water partition coefficient (Wildman–Crippen LogP) is 5.04. The molecule has 0 fully saturated rings. The fraction of sp³-hybridized carbons (Fsp3) is 0.273. The molecule has 0 aliphatic heterocycles. The van der Waals surface area contributed by atoms with Gasteiger partial charge in [-0.2, -0.15) is 0 Å². The number of rotatable bonds is 13. The number of nitrogens with two attached hydrogens (primary N) is 1. The van der Waals surface area contributed by atoms with E-state index in [9.17, 15) is 23.1 Å². The molecule has 4 aromatic rings. The maximum Gasteiger partial charge on any atom is 0.326 e. The molecule has 0 aliphatic rings. The van der Waals surface area contributed by atoms with Crippen molar-refractivity contribution in [3.8, 4) is 0 Å². The summed E-state index contributed by atoms with van der Waals surface area (Å²) in [5, 5.41) is 14.1. The average Bonchev–Trinajstić information content (AvgIpc) is 3.00. The number of carboxylic acids is 1. The van der Waals surface area contributed by atoms with Gasteiger partial charge in [0.1, 0.15) is 6.04 Å². The van der Waals surface area contributed by atoms with E-state index in [0.29, 0.717) is 5.56 Å². The summed E-state index contributed by atoms with van der Waals surface area (Å²) in [5.41, 5.74) is 8.31. The lowest BCUT2D eigenvalue weighted by Crippen LogP contribution is -2.44. The molecule has 2 atom stereocenters. The molecule has 5 N–H and O–H groups in total. The fourth-order valence-corrected chi connectivity index (χ4v) is 6.27. The van der Waals surface area contributed by atoms with Crippen LogP contribution in [0.1, 0.15) is 55.8 Å². The van der Waals surface area contributed by atoms with E-state index in [2.05, 4.69) is 10.0 Å². The molecule has 0 aliphatic carbocycles. The van der Waals surface area contributed by atoms with Crippen LogP contribution in [-0.2, 0) is 31.6 Å². The Hall–Kier alpha value is -4.05. The van der Waals surface area contributed by atoms with Crippen molar-refractivity contribution in [1.82, 2.24) is 10.0 Å². The zero-order valence-electron chi connectivity index (χ0n) is 23.8. The topological polar surface area (TPSA) is 139 Å². The lowest BCUT2D eigenvalue weighted by Gasteiger charge is -2.27. The molecule has 4 rings (SSSR count). The molecule has 0 bridgehead atoms. The summed E-state index contributed by atoms with van der Waals surface area (Å²) >= 11 is 0. The standard InChI is InChI=1S/C33H37N3O5S/c1-3-33(34,4-2)27-17-14-23(15-18-27)20-30(32(38)39)35-31(37)22-29(25-11-6-5-7-12-25)36-42(40,41)28-19-16-24-10-8-9-13-26(24)21-28/h5-19,21,29-30,36H,3-4,20,22,34H2,1-2H3,(H,35,37)(H,38,39). The molecule has 8 nitrogen and oxygen atoms in total. The lowest BCUT2D eigenvalue weighted by molar-refractivity contribution is -0.141. The van der Waals surface area contributed by atoms with Gasteiger partial charge in [-0.25, -0.2) is 17.9 Å². The maximum absolute atomic E-state index is 13.4. The minimum Gasteiger partial charge on any atom is -0.480 e. The number of hydrogen-bond acceptors (Lipinski definition) is 5.